The topological polar surface area (TPSA) is 30.5 Å². The first-order valence-electron chi connectivity index (χ1n) is 6.43. The van der Waals surface area contributed by atoms with E-state index in [2.05, 4.69) is 47.0 Å². The van der Waals surface area contributed by atoms with Gasteiger partial charge in [0.2, 0.25) is 0 Å². The van der Waals surface area contributed by atoms with Crippen LogP contribution in [0.15, 0.2) is 24.3 Å². The molecule has 0 spiro atoms. The molecule has 0 aromatic heterocycles. The minimum absolute atomic E-state index is 0.163. The molecule has 18 heavy (non-hydrogen) atoms. The van der Waals surface area contributed by atoms with Gasteiger partial charge in [0.1, 0.15) is 18.0 Å². The lowest BCUT2D eigenvalue weighted by molar-refractivity contribution is -0.0887. The molecule has 0 heterocycles. The van der Waals surface area contributed by atoms with Crippen LogP contribution in [0.1, 0.15) is 19.8 Å². The zero-order valence-electron chi connectivity index (χ0n) is 10.9. The van der Waals surface area contributed by atoms with E-state index in [4.69, 9.17) is 9.47 Å². The highest BCUT2D eigenvalue weighted by Crippen LogP contribution is 2.29. The second-order valence-corrected chi connectivity index (χ2v) is 5.85. The Hall–Kier alpha value is -0.330. The van der Waals surface area contributed by atoms with E-state index < -0.39 is 0 Å². The lowest BCUT2D eigenvalue weighted by Crippen LogP contribution is -2.61. The fourth-order valence-corrected chi connectivity index (χ4v) is 2.59. The highest BCUT2D eigenvalue weighted by molar-refractivity contribution is 14.1. The van der Waals surface area contributed by atoms with Gasteiger partial charge in [0.25, 0.3) is 0 Å². The summed E-state index contributed by atoms with van der Waals surface area (Å²) in [7, 11) is 1.76. The van der Waals surface area contributed by atoms with Crippen LogP contribution in [0, 0.1) is 3.57 Å². The Morgan fingerprint density at radius 3 is 2.67 bits per heavy atom. The number of hydrogen-bond acceptors (Lipinski definition) is 3. The van der Waals surface area contributed by atoms with E-state index in [1.54, 1.807) is 7.11 Å². The molecule has 3 unspecified atom stereocenters. The summed E-state index contributed by atoms with van der Waals surface area (Å²) in [6.45, 7) is 3.22. The highest BCUT2D eigenvalue weighted by atomic mass is 127. The van der Waals surface area contributed by atoms with Gasteiger partial charge in [-0.05, 0) is 59.8 Å². The van der Waals surface area contributed by atoms with Crippen molar-refractivity contribution < 1.29 is 9.47 Å². The molecule has 0 saturated heterocycles. The van der Waals surface area contributed by atoms with Crippen molar-refractivity contribution >= 4 is 22.6 Å². The Balaban J connectivity index is 1.85. The Bertz CT molecular complexity index is 369. The molecular weight excluding hydrogens is 341 g/mol. The van der Waals surface area contributed by atoms with Gasteiger partial charge in [0.05, 0.1) is 0 Å². The number of methoxy groups -OCH3 is 1. The van der Waals surface area contributed by atoms with Crippen LogP contribution in [0.25, 0.3) is 0 Å². The SMILES string of the molecule is CCCNC1CC(Oc2ccc(I)cc2)C1OC. The van der Waals surface area contributed by atoms with Crippen molar-refractivity contribution in [2.75, 3.05) is 13.7 Å². The summed E-state index contributed by atoms with van der Waals surface area (Å²) in [6, 6.07) is 8.58. The molecule has 3 nitrogen and oxygen atoms in total. The molecule has 1 saturated carbocycles. The van der Waals surface area contributed by atoms with Crippen LogP contribution in [0.4, 0.5) is 0 Å². The van der Waals surface area contributed by atoms with Crippen molar-refractivity contribution in [2.45, 2.75) is 38.0 Å². The fraction of sp³-hybridized carbons (Fsp3) is 0.571. The van der Waals surface area contributed by atoms with E-state index in [1.165, 1.54) is 3.57 Å². The summed E-state index contributed by atoms with van der Waals surface area (Å²) in [5.74, 6) is 0.927. The molecule has 0 amide bonds. The van der Waals surface area contributed by atoms with Crippen molar-refractivity contribution in [3.05, 3.63) is 27.8 Å². The highest BCUT2D eigenvalue weighted by Gasteiger charge is 2.42. The van der Waals surface area contributed by atoms with Crippen LogP contribution in [0.3, 0.4) is 0 Å². The number of rotatable bonds is 6. The summed E-state index contributed by atoms with van der Waals surface area (Å²) in [4.78, 5) is 0. The minimum atomic E-state index is 0.163. The Morgan fingerprint density at radius 1 is 1.33 bits per heavy atom. The Morgan fingerprint density at radius 2 is 2.06 bits per heavy atom. The second-order valence-electron chi connectivity index (χ2n) is 4.61. The Labute approximate surface area is 122 Å². The summed E-state index contributed by atoms with van der Waals surface area (Å²) in [6.07, 6.45) is 2.50. The standard InChI is InChI=1S/C14H20INO2/c1-3-8-16-12-9-13(14(12)17-2)18-11-6-4-10(15)5-7-11/h4-7,12-14,16H,3,8-9H2,1-2H3. The van der Waals surface area contributed by atoms with Gasteiger partial charge in [-0.3, -0.25) is 0 Å². The van der Waals surface area contributed by atoms with Gasteiger partial charge >= 0.3 is 0 Å². The maximum Gasteiger partial charge on any atom is 0.128 e. The van der Waals surface area contributed by atoms with Crippen LogP contribution in [0.5, 0.6) is 5.75 Å². The predicted molar refractivity (Wildman–Crippen MR) is 81.1 cm³/mol. The van der Waals surface area contributed by atoms with Gasteiger partial charge in [-0.25, -0.2) is 0 Å². The molecule has 1 aliphatic carbocycles. The third-order valence-corrected chi connectivity index (χ3v) is 4.00. The first kappa shape index (κ1) is 14.1. The maximum atomic E-state index is 5.95. The third-order valence-electron chi connectivity index (χ3n) is 3.28. The quantitative estimate of drug-likeness (QED) is 0.791. The molecule has 1 N–H and O–H groups in total. The van der Waals surface area contributed by atoms with Crippen molar-refractivity contribution in [1.29, 1.82) is 0 Å². The molecule has 3 atom stereocenters. The zero-order valence-corrected chi connectivity index (χ0v) is 13.0. The normalized spacial score (nSPS) is 26.7. The second kappa shape index (κ2) is 6.73. The van der Waals surface area contributed by atoms with Gasteiger partial charge in [-0.2, -0.15) is 0 Å². The van der Waals surface area contributed by atoms with Crippen molar-refractivity contribution in [3.63, 3.8) is 0 Å². The molecule has 1 aromatic rings. The molecule has 1 fully saturated rings. The molecule has 1 aliphatic rings. The van der Waals surface area contributed by atoms with E-state index >= 15 is 0 Å². The van der Waals surface area contributed by atoms with Crippen molar-refractivity contribution in [2.24, 2.45) is 0 Å². The van der Waals surface area contributed by atoms with E-state index in [-0.39, 0.29) is 12.2 Å². The van der Waals surface area contributed by atoms with Crippen LogP contribution in [0.2, 0.25) is 0 Å². The lowest BCUT2D eigenvalue weighted by Gasteiger charge is -2.43. The van der Waals surface area contributed by atoms with Crippen LogP contribution < -0.4 is 10.1 Å². The van der Waals surface area contributed by atoms with E-state index in [9.17, 15) is 0 Å². The summed E-state index contributed by atoms with van der Waals surface area (Å²) in [5.41, 5.74) is 0. The average molecular weight is 361 g/mol. The first-order valence-corrected chi connectivity index (χ1v) is 7.51. The monoisotopic (exact) mass is 361 g/mol. The zero-order chi connectivity index (χ0) is 13.0. The molecule has 0 aliphatic heterocycles. The summed E-state index contributed by atoms with van der Waals surface area (Å²) in [5, 5.41) is 3.49. The van der Waals surface area contributed by atoms with Gasteiger partial charge in [0.15, 0.2) is 0 Å². The van der Waals surface area contributed by atoms with Gasteiger partial charge in [-0.1, -0.05) is 6.92 Å². The van der Waals surface area contributed by atoms with Crippen molar-refractivity contribution in [1.82, 2.24) is 5.32 Å². The number of nitrogens with one attached hydrogen (secondary N) is 1. The largest absolute Gasteiger partial charge is 0.488 e. The fourth-order valence-electron chi connectivity index (χ4n) is 2.23. The van der Waals surface area contributed by atoms with Crippen molar-refractivity contribution in [3.8, 4) is 5.75 Å². The van der Waals surface area contributed by atoms with E-state index in [0.29, 0.717) is 6.04 Å². The third kappa shape index (κ3) is 3.36. The lowest BCUT2D eigenvalue weighted by atomic mass is 9.85. The molecule has 100 valence electrons. The molecule has 4 heteroatoms. The van der Waals surface area contributed by atoms with Gasteiger partial charge in [-0.15, -0.1) is 0 Å². The number of hydrogen-bond donors (Lipinski definition) is 1. The smallest absolute Gasteiger partial charge is 0.128 e. The first-order chi connectivity index (χ1) is 8.74. The number of halogens is 1. The summed E-state index contributed by atoms with van der Waals surface area (Å²) < 4.78 is 12.7. The maximum absolute atomic E-state index is 5.95. The number of ether oxygens (including phenoxy) is 2. The molecule has 2 rings (SSSR count). The van der Waals surface area contributed by atoms with E-state index in [0.717, 1.165) is 25.1 Å². The molecular formula is C14H20INO2. The van der Waals surface area contributed by atoms with Crippen LogP contribution >= 0.6 is 22.6 Å². The Kier molecular flexibility index (Phi) is 5.26. The molecule has 0 bridgehead atoms. The predicted octanol–water partition coefficient (Wildman–Crippen LogP) is 2.83. The molecule has 0 radical (unpaired) electrons. The van der Waals surface area contributed by atoms with Gasteiger partial charge < -0.3 is 14.8 Å². The van der Waals surface area contributed by atoms with Crippen LogP contribution in [-0.4, -0.2) is 31.9 Å². The summed E-state index contributed by atoms with van der Waals surface area (Å²) >= 11 is 2.29. The number of benzene rings is 1. The minimum Gasteiger partial charge on any atom is -0.488 e. The van der Waals surface area contributed by atoms with Crippen LogP contribution in [-0.2, 0) is 4.74 Å². The van der Waals surface area contributed by atoms with Gasteiger partial charge in [0, 0.05) is 23.1 Å². The molecule has 1 aromatic carbocycles. The van der Waals surface area contributed by atoms with E-state index in [1.807, 2.05) is 12.1 Å². The average Bonchev–Trinajstić information content (AvgIpc) is 2.35.